The Hall–Kier alpha value is -1.48. The normalized spacial score (nSPS) is 15.5. The van der Waals surface area contributed by atoms with E-state index in [1.54, 1.807) is 17.0 Å². The maximum atomic E-state index is 12.4. The molecule has 1 saturated heterocycles. The molecule has 7 nitrogen and oxygen atoms in total. The Morgan fingerprint density at radius 2 is 1.96 bits per heavy atom. The zero-order valence-corrected chi connectivity index (χ0v) is 17.6. The van der Waals surface area contributed by atoms with E-state index in [0.717, 1.165) is 11.1 Å². The Balaban J connectivity index is 1.90. The number of carbonyl (C=O) groups excluding carboxylic acids is 1. The number of anilines is 1. The summed E-state index contributed by atoms with van der Waals surface area (Å²) in [6.45, 7) is 4.01. The molecule has 0 aliphatic carbocycles. The van der Waals surface area contributed by atoms with Crippen molar-refractivity contribution < 1.29 is 17.9 Å². The van der Waals surface area contributed by atoms with E-state index in [1.165, 1.54) is 0 Å². The fraction of sp³-hybridized carbons (Fsp3) is 0.471. The molecule has 0 atom stereocenters. The van der Waals surface area contributed by atoms with Crippen molar-refractivity contribution in [1.82, 2.24) is 9.62 Å². The summed E-state index contributed by atoms with van der Waals surface area (Å²) in [5, 5.41) is 1.71. The van der Waals surface area contributed by atoms with E-state index in [4.69, 9.17) is 27.9 Å². The quantitative estimate of drug-likeness (QED) is 0.711. The summed E-state index contributed by atoms with van der Waals surface area (Å²) in [4.78, 5) is 15.9. The first kappa shape index (κ1) is 21.8. The summed E-state index contributed by atoms with van der Waals surface area (Å²) in [5.74, 6) is 0.198. The standard InChI is InChI=1S/C17H23Cl2N3O4S/c1-4-27(24,25)20-12-5-7-22(8-6-12)17(23)11-26-16-10-15(21(2)3)13(18)9-14(16)19/h4,9-10,12,20H,1,5-8,11H2,2-3H3. The summed E-state index contributed by atoms with van der Waals surface area (Å²) in [7, 11) is 0.218. The van der Waals surface area contributed by atoms with Crippen molar-refractivity contribution in [3.63, 3.8) is 0 Å². The molecule has 1 aliphatic heterocycles. The lowest BCUT2D eigenvalue weighted by atomic mass is 10.1. The molecule has 1 amide bonds. The van der Waals surface area contributed by atoms with Crippen LogP contribution in [0.1, 0.15) is 12.8 Å². The topological polar surface area (TPSA) is 79.0 Å². The number of sulfonamides is 1. The highest BCUT2D eigenvalue weighted by Gasteiger charge is 2.25. The second-order valence-corrected chi connectivity index (χ2v) is 8.88. The van der Waals surface area contributed by atoms with E-state index in [-0.39, 0.29) is 18.6 Å². The largest absolute Gasteiger partial charge is 0.482 e. The highest BCUT2D eigenvalue weighted by Crippen LogP contribution is 2.35. The SMILES string of the molecule is C=CS(=O)(=O)NC1CCN(C(=O)COc2cc(N(C)C)c(Cl)cc2Cl)CC1. The fourth-order valence-corrected chi connectivity index (χ4v) is 4.13. The Labute approximate surface area is 169 Å². The van der Waals surface area contributed by atoms with E-state index in [2.05, 4.69) is 11.3 Å². The van der Waals surface area contributed by atoms with Gasteiger partial charge in [0.05, 0.1) is 15.7 Å². The van der Waals surface area contributed by atoms with Crippen molar-refractivity contribution in [3.05, 3.63) is 34.2 Å². The molecule has 1 N–H and O–H groups in total. The van der Waals surface area contributed by atoms with Gasteiger partial charge >= 0.3 is 0 Å². The molecule has 0 radical (unpaired) electrons. The molecule has 0 saturated carbocycles. The van der Waals surface area contributed by atoms with E-state index in [9.17, 15) is 13.2 Å². The van der Waals surface area contributed by atoms with E-state index in [0.29, 0.717) is 41.7 Å². The van der Waals surface area contributed by atoms with Crippen LogP contribution in [0.15, 0.2) is 24.1 Å². The maximum absolute atomic E-state index is 12.4. The van der Waals surface area contributed by atoms with Gasteiger partial charge in [-0.25, -0.2) is 13.1 Å². The molecule has 1 aliphatic rings. The van der Waals surface area contributed by atoms with Crippen LogP contribution in [0.25, 0.3) is 0 Å². The minimum atomic E-state index is -3.47. The number of amides is 1. The zero-order chi connectivity index (χ0) is 20.2. The van der Waals surface area contributed by atoms with Gasteiger partial charge in [-0.2, -0.15) is 0 Å². The molecule has 0 unspecified atom stereocenters. The minimum absolute atomic E-state index is 0.155. The average molecular weight is 436 g/mol. The fourth-order valence-electron chi connectivity index (χ4n) is 2.73. The first-order valence-corrected chi connectivity index (χ1v) is 10.6. The predicted molar refractivity (Wildman–Crippen MR) is 108 cm³/mol. The van der Waals surface area contributed by atoms with Crippen molar-refractivity contribution in [2.45, 2.75) is 18.9 Å². The number of hydrogen-bond donors (Lipinski definition) is 1. The van der Waals surface area contributed by atoms with Gasteiger partial charge in [0, 0.05) is 44.7 Å². The molecule has 1 fully saturated rings. The maximum Gasteiger partial charge on any atom is 0.260 e. The van der Waals surface area contributed by atoms with Crippen molar-refractivity contribution >= 4 is 44.8 Å². The third kappa shape index (κ3) is 6.00. The first-order valence-electron chi connectivity index (χ1n) is 8.34. The summed E-state index contributed by atoms with van der Waals surface area (Å²) >= 11 is 12.3. The second-order valence-electron chi connectivity index (χ2n) is 6.40. The van der Waals surface area contributed by atoms with E-state index in [1.807, 2.05) is 19.0 Å². The van der Waals surface area contributed by atoms with Gasteiger partial charge in [-0.15, -0.1) is 0 Å². The Morgan fingerprint density at radius 1 is 1.33 bits per heavy atom. The van der Waals surface area contributed by atoms with Crippen molar-refractivity contribution in [2.24, 2.45) is 0 Å². The number of benzene rings is 1. The lowest BCUT2D eigenvalue weighted by Crippen LogP contribution is -2.47. The van der Waals surface area contributed by atoms with Gasteiger partial charge in [0.2, 0.25) is 10.0 Å². The molecular formula is C17H23Cl2N3O4S. The van der Waals surface area contributed by atoms with Crippen LogP contribution in [-0.4, -0.2) is 59.1 Å². The molecule has 1 aromatic carbocycles. The minimum Gasteiger partial charge on any atom is -0.482 e. The average Bonchev–Trinajstić information content (AvgIpc) is 2.60. The number of likely N-dealkylation sites (tertiary alicyclic amines) is 1. The first-order chi connectivity index (χ1) is 12.6. The third-order valence-electron chi connectivity index (χ3n) is 4.23. The molecule has 0 bridgehead atoms. The number of nitrogens with zero attached hydrogens (tertiary/aromatic N) is 2. The van der Waals surface area contributed by atoms with Crippen LogP contribution in [0.2, 0.25) is 10.0 Å². The zero-order valence-electron chi connectivity index (χ0n) is 15.2. The number of halogens is 2. The number of nitrogens with one attached hydrogen (secondary N) is 1. The Kier molecular flexibility index (Phi) is 7.39. The van der Waals surface area contributed by atoms with Crippen LogP contribution in [0.4, 0.5) is 5.69 Å². The van der Waals surface area contributed by atoms with Gasteiger partial charge in [-0.3, -0.25) is 4.79 Å². The smallest absolute Gasteiger partial charge is 0.260 e. The van der Waals surface area contributed by atoms with Crippen LogP contribution < -0.4 is 14.4 Å². The molecule has 10 heteroatoms. The van der Waals surface area contributed by atoms with Crippen molar-refractivity contribution in [1.29, 1.82) is 0 Å². The highest BCUT2D eigenvalue weighted by atomic mass is 35.5. The number of hydrogen-bond acceptors (Lipinski definition) is 5. The number of piperidine rings is 1. The lowest BCUT2D eigenvalue weighted by Gasteiger charge is -2.32. The van der Waals surface area contributed by atoms with Crippen molar-refractivity contribution in [2.75, 3.05) is 38.7 Å². The van der Waals surface area contributed by atoms with Crippen LogP contribution in [0.3, 0.4) is 0 Å². The van der Waals surface area contributed by atoms with E-state index >= 15 is 0 Å². The van der Waals surface area contributed by atoms with Gasteiger partial charge in [-0.1, -0.05) is 29.8 Å². The molecule has 0 aromatic heterocycles. The number of carbonyl (C=O) groups is 1. The third-order valence-corrected chi connectivity index (χ3v) is 5.93. The molecule has 2 rings (SSSR count). The van der Waals surface area contributed by atoms with Gasteiger partial charge in [0.15, 0.2) is 6.61 Å². The summed E-state index contributed by atoms with van der Waals surface area (Å²) in [6.07, 6.45) is 1.07. The van der Waals surface area contributed by atoms with Gasteiger partial charge < -0.3 is 14.5 Å². The molecule has 1 aromatic rings. The molecular weight excluding hydrogens is 413 g/mol. The van der Waals surface area contributed by atoms with Gasteiger partial charge in [0.25, 0.3) is 5.91 Å². The van der Waals surface area contributed by atoms with E-state index < -0.39 is 10.0 Å². The molecule has 0 spiro atoms. The predicted octanol–water partition coefficient (Wildman–Crippen LogP) is 2.49. The van der Waals surface area contributed by atoms with Crippen LogP contribution >= 0.6 is 23.2 Å². The lowest BCUT2D eigenvalue weighted by molar-refractivity contribution is -0.134. The Morgan fingerprint density at radius 3 is 2.52 bits per heavy atom. The Bertz CT molecular complexity index is 807. The molecule has 1 heterocycles. The van der Waals surface area contributed by atoms with Crippen molar-refractivity contribution in [3.8, 4) is 5.75 Å². The molecule has 27 heavy (non-hydrogen) atoms. The summed E-state index contributed by atoms with van der Waals surface area (Å²) in [5.41, 5.74) is 0.735. The highest BCUT2D eigenvalue weighted by molar-refractivity contribution is 7.92. The number of rotatable bonds is 7. The summed E-state index contributed by atoms with van der Waals surface area (Å²) in [6, 6.07) is 3.07. The second kappa shape index (κ2) is 9.14. The van der Waals surface area contributed by atoms with Gasteiger partial charge in [0.1, 0.15) is 5.75 Å². The number of ether oxygens (including phenoxy) is 1. The molecule has 150 valence electrons. The van der Waals surface area contributed by atoms with Gasteiger partial charge in [-0.05, 0) is 18.9 Å². The van der Waals surface area contributed by atoms with Crippen LogP contribution in [0, 0.1) is 0 Å². The summed E-state index contributed by atoms with van der Waals surface area (Å²) < 4.78 is 31.2. The van der Waals surface area contributed by atoms with Crippen LogP contribution in [-0.2, 0) is 14.8 Å². The monoisotopic (exact) mass is 435 g/mol. The van der Waals surface area contributed by atoms with Crippen LogP contribution in [0.5, 0.6) is 5.75 Å².